The van der Waals surface area contributed by atoms with Crippen LogP contribution in [0.5, 0.6) is 11.5 Å². The van der Waals surface area contributed by atoms with Gasteiger partial charge in [0.1, 0.15) is 25.2 Å². The number of nitrogens with zero attached hydrogens (tertiary/aromatic N) is 4. The lowest BCUT2D eigenvalue weighted by molar-refractivity contribution is -0.571. The predicted molar refractivity (Wildman–Crippen MR) is 283 cm³/mol. The maximum atomic E-state index is 9.15. The van der Waals surface area contributed by atoms with E-state index >= 15 is 0 Å². The largest absolute Gasteiger partial charge is 0.458 e. The number of rotatable bonds is 5. The van der Waals surface area contributed by atoms with E-state index in [0.29, 0.717) is 17.0 Å². The Morgan fingerprint density at radius 3 is 1.81 bits per heavy atom. The zero-order valence-electron chi connectivity index (χ0n) is 46.7. The van der Waals surface area contributed by atoms with Gasteiger partial charge in [-0.3, -0.25) is 13.5 Å². The standard InChI is InChI=1S/C62H42N4OSi/c1-68(2)57-35-33-43(38-56(57)65-39-64(54-30-15-31-58(68)61(54)65)59-44(40-17-5-3-6-18-40)25-13-26-45(59)41-19-7-4-8-20-41)67-42-32-34-50-52-28-14-27-51-48-23-11-9-21-46(48)47-22-10-12-24-49(47)53-29-16-36-63-62(53)66(60(51)52)55(50)37-42/h3-38H,1-2H3/i3D,4D,5D,6D,7D,8D,17D,18D,19D,20D. The second kappa shape index (κ2) is 14.7. The van der Waals surface area contributed by atoms with E-state index in [0.717, 1.165) is 81.3 Å². The first-order valence-corrected chi connectivity index (χ1v) is 25.5. The fraction of sp³-hybridized carbons (Fsp3) is 0.0323. The third-order valence-electron chi connectivity index (χ3n) is 13.8. The van der Waals surface area contributed by atoms with Crippen molar-refractivity contribution in [2.24, 2.45) is 0 Å². The van der Waals surface area contributed by atoms with E-state index in [1.807, 2.05) is 47.2 Å². The van der Waals surface area contributed by atoms with Crippen LogP contribution < -0.4 is 19.7 Å². The van der Waals surface area contributed by atoms with Crippen LogP contribution in [0.1, 0.15) is 13.7 Å². The molecule has 1 aliphatic rings. The third kappa shape index (κ3) is 5.61. The molecule has 14 rings (SSSR count). The summed E-state index contributed by atoms with van der Waals surface area (Å²) in [5.74, 6) is 1.16. The van der Waals surface area contributed by atoms with Crippen LogP contribution in [0.15, 0.2) is 218 Å². The third-order valence-corrected chi connectivity index (χ3v) is 17.3. The van der Waals surface area contributed by atoms with E-state index in [1.54, 1.807) is 22.8 Å². The van der Waals surface area contributed by atoms with Crippen molar-refractivity contribution >= 4 is 89.3 Å². The summed E-state index contributed by atoms with van der Waals surface area (Å²) in [6, 6.07) is 45.7. The molecule has 4 aromatic heterocycles. The fourth-order valence-corrected chi connectivity index (χ4v) is 13.7. The number of ether oxygens (including phenoxy) is 1. The smallest absolute Gasteiger partial charge is 0.269 e. The predicted octanol–water partition coefficient (Wildman–Crippen LogP) is 13.9. The molecule has 0 unspecified atom stereocenters. The van der Waals surface area contributed by atoms with Crippen molar-refractivity contribution < 1.29 is 23.0 Å². The van der Waals surface area contributed by atoms with Gasteiger partial charge >= 0.3 is 0 Å². The van der Waals surface area contributed by atoms with Crippen molar-refractivity contribution in [2.45, 2.75) is 13.1 Å². The zero-order chi connectivity index (χ0) is 53.8. The Morgan fingerprint density at radius 1 is 0.529 bits per heavy atom. The molecule has 13 aromatic rings. The van der Waals surface area contributed by atoms with Gasteiger partial charge in [0.25, 0.3) is 6.33 Å². The van der Waals surface area contributed by atoms with Gasteiger partial charge in [-0.05, 0) is 90.6 Å². The summed E-state index contributed by atoms with van der Waals surface area (Å²) in [7, 11) is -2.54. The van der Waals surface area contributed by atoms with Crippen LogP contribution in [-0.2, 0) is 0 Å². The molecule has 0 aliphatic carbocycles. The molecule has 9 aromatic carbocycles. The van der Waals surface area contributed by atoms with Gasteiger partial charge in [-0.1, -0.05) is 183 Å². The SMILES string of the molecule is [2H]c1c([2H])c([2H])c(-c2cccc(-c3c([2H])c([2H])c([2H])c([2H])c3[2H])c2-[n+]2[c-]n3c4c(cccc42)[Si](C)(C)c2ccc(Oc4ccc5c6cccc7c8ccccc8c8ccccc8c8cccnc8n(c5c4)c76)cc2-3)c([2H])c1[2H]. The normalized spacial score (nSPS) is 15.0. The highest BCUT2D eigenvalue weighted by atomic mass is 28.3. The molecular weight excluding hydrogens is 845 g/mol. The molecule has 5 heterocycles. The lowest BCUT2D eigenvalue weighted by atomic mass is 9.95. The summed E-state index contributed by atoms with van der Waals surface area (Å²) in [5.41, 5.74) is 5.36. The topological polar surface area (TPSA) is 35.3 Å². The minimum Gasteiger partial charge on any atom is -0.458 e. The van der Waals surface area contributed by atoms with E-state index in [-0.39, 0.29) is 27.9 Å². The Kier molecular flexibility index (Phi) is 6.46. The Hall–Kier alpha value is -8.58. The summed E-state index contributed by atoms with van der Waals surface area (Å²) in [6.07, 6.45) is 5.44. The van der Waals surface area contributed by atoms with Crippen LogP contribution >= 0.6 is 0 Å². The molecule has 1 aliphatic heterocycles. The van der Waals surface area contributed by atoms with Gasteiger partial charge in [0.05, 0.1) is 47.1 Å². The Labute approximate surface area is 407 Å². The van der Waals surface area contributed by atoms with E-state index in [2.05, 4.69) is 121 Å². The molecule has 0 radical (unpaired) electrons. The van der Waals surface area contributed by atoms with Crippen molar-refractivity contribution in [1.29, 1.82) is 0 Å². The Balaban J connectivity index is 1.000. The Bertz CT molecular complexity index is 4750. The van der Waals surface area contributed by atoms with Gasteiger partial charge in [0.15, 0.2) is 0 Å². The highest BCUT2D eigenvalue weighted by Crippen LogP contribution is 2.41. The fourth-order valence-electron chi connectivity index (χ4n) is 10.8. The number of aromatic nitrogens is 4. The van der Waals surface area contributed by atoms with Crippen LogP contribution in [-0.4, -0.2) is 22.0 Å². The maximum absolute atomic E-state index is 9.15. The first-order chi connectivity index (χ1) is 37.6. The van der Waals surface area contributed by atoms with Crippen LogP contribution in [0.4, 0.5) is 0 Å². The molecule has 0 saturated heterocycles. The number of hydrogen-bond donors (Lipinski definition) is 0. The number of para-hydroxylation sites is 3. The van der Waals surface area contributed by atoms with Crippen LogP contribution in [0.2, 0.25) is 13.1 Å². The number of imidazole rings is 1. The van der Waals surface area contributed by atoms with Gasteiger partial charge in [-0.25, -0.2) is 4.98 Å². The summed E-state index contributed by atoms with van der Waals surface area (Å²) in [6.45, 7) is 4.56. The second-order valence-electron chi connectivity index (χ2n) is 17.7. The maximum Gasteiger partial charge on any atom is 0.269 e. The van der Waals surface area contributed by atoms with Crippen molar-refractivity contribution in [3.8, 4) is 45.1 Å². The average Bonchev–Trinajstić information content (AvgIpc) is 4.24. The van der Waals surface area contributed by atoms with Gasteiger partial charge in [-0.2, -0.15) is 0 Å². The molecule has 0 bridgehead atoms. The van der Waals surface area contributed by atoms with Gasteiger partial charge < -0.3 is 4.74 Å². The number of hydrogen-bond acceptors (Lipinski definition) is 2. The molecule has 68 heavy (non-hydrogen) atoms. The van der Waals surface area contributed by atoms with E-state index in [1.165, 1.54) is 0 Å². The molecule has 0 amide bonds. The number of fused-ring (bicyclic) bond motifs is 12. The second-order valence-corrected chi connectivity index (χ2v) is 22.1. The molecule has 6 heteroatoms. The molecule has 0 fully saturated rings. The highest BCUT2D eigenvalue weighted by Gasteiger charge is 2.37. The van der Waals surface area contributed by atoms with Crippen LogP contribution in [0.25, 0.3) is 104 Å². The monoisotopic (exact) mass is 896 g/mol. The van der Waals surface area contributed by atoms with Crippen molar-refractivity contribution in [3.05, 3.63) is 225 Å². The first-order valence-electron chi connectivity index (χ1n) is 27.5. The van der Waals surface area contributed by atoms with Crippen molar-refractivity contribution in [1.82, 2.24) is 14.0 Å². The molecule has 0 spiro atoms. The lowest BCUT2D eigenvalue weighted by Crippen LogP contribution is -2.57. The number of benzene rings is 9. The number of pyridine rings is 1. The summed E-state index contributed by atoms with van der Waals surface area (Å²) in [4.78, 5) is 5.12. The van der Waals surface area contributed by atoms with E-state index < -0.39 is 68.5 Å². The zero-order valence-corrected chi connectivity index (χ0v) is 37.7. The molecule has 0 N–H and O–H groups in total. The first kappa shape index (κ1) is 29.9. The van der Waals surface area contributed by atoms with Gasteiger partial charge in [0, 0.05) is 33.8 Å². The van der Waals surface area contributed by atoms with Gasteiger partial charge in [0.2, 0.25) is 0 Å². The highest BCUT2D eigenvalue weighted by molar-refractivity contribution is 7.02. The van der Waals surface area contributed by atoms with Crippen LogP contribution in [0, 0.1) is 6.33 Å². The molecule has 5 nitrogen and oxygen atoms in total. The lowest BCUT2D eigenvalue weighted by Gasteiger charge is -2.32. The molecular formula is C62H42N4OSi. The van der Waals surface area contributed by atoms with Gasteiger partial charge in [-0.15, -0.1) is 0 Å². The Morgan fingerprint density at radius 2 is 1.10 bits per heavy atom. The average molecular weight is 897 g/mol. The minimum absolute atomic E-state index is 0.113. The van der Waals surface area contributed by atoms with E-state index in [4.69, 9.17) is 23.4 Å². The van der Waals surface area contributed by atoms with Crippen molar-refractivity contribution in [2.75, 3.05) is 0 Å². The summed E-state index contributed by atoms with van der Waals surface area (Å²) in [5, 5.41) is 10.8. The quantitative estimate of drug-likeness (QED) is 0.0980. The van der Waals surface area contributed by atoms with E-state index in [9.17, 15) is 0 Å². The molecule has 320 valence electrons. The minimum atomic E-state index is -2.54. The summed E-state index contributed by atoms with van der Waals surface area (Å²) < 4.78 is 101. The van der Waals surface area contributed by atoms with Crippen molar-refractivity contribution in [3.63, 3.8) is 0 Å². The molecule has 0 saturated carbocycles. The molecule has 0 atom stereocenters. The summed E-state index contributed by atoms with van der Waals surface area (Å²) >= 11 is 0. The van der Waals surface area contributed by atoms with Crippen LogP contribution in [0.3, 0.4) is 0 Å².